The zero-order valence-electron chi connectivity index (χ0n) is 32.2. The van der Waals surface area contributed by atoms with Crippen LogP contribution in [0.2, 0.25) is 0 Å². The van der Waals surface area contributed by atoms with Crippen molar-refractivity contribution >= 4 is 87.4 Å². The highest BCUT2D eigenvalue weighted by atomic mass is 16.3. The Balaban J connectivity index is 1.08. The normalized spacial score (nSPS) is 12.0. The Morgan fingerprint density at radius 3 is 1.37 bits per heavy atom. The van der Waals surface area contributed by atoms with E-state index < -0.39 is 0 Å². The molecule has 0 radical (unpaired) electrons. The molecule has 13 aromatic rings. The summed E-state index contributed by atoms with van der Waals surface area (Å²) in [5, 5.41) is 18.4. The van der Waals surface area contributed by atoms with Crippen molar-refractivity contribution in [1.82, 2.24) is 13.7 Å². The van der Waals surface area contributed by atoms with Gasteiger partial charge >= 0.3 is 0 Å². The summed E-state index contributed by atoms with van der Waals surface area (Å²) in [4.78, 5) is 0. The van der Waals surface area contributed by atoms with Gasteiger partial charge in [-0.1, -0.05) is 97.1 Å². The number of nitrogens with zero attached hydrogens (tertiary/aromatic N) is 4. The van der Waals surface area contributed by atoms with E-state index in [1.54, 1.807) is 0 Å². The lowest BCUT2D eigenvalue weighted by Crippen LogP contribution is -1.95. The summed E-state index contributed by atoms with van der Waals surface area (Å²) in [5.41, 5.74) is 14.7. The summed E-state index contributed by atoms with van der Waals surface area (Å²) in [6.45, 7) is 0. The first-order chi connectivity index (χ1) is 29.7. The molecule has 0 bridgehead atoms. The van der Waals surface area contributed by atoms with Gasteiger partial charge in [-0.2, -0.15) is 5.26 Å². The Labute approximate surface area is 343 Å². The summed E-state index contributed by atoms with van der Waals surface area (Å²) >= 11 is 0. The van der Waals surface area contributed by atoms with E-state index in [4.69, 9.17) is 4.42 Å². The van der Waals surface area contributed by atoms with Crippen molar-refractivity contribution in [3.8, 4) is 34.3 Å². The minimum atomic E-state index is 0.657. The third kappa shape index (κ3) is 4.50. The van der Waals surface area contributed by atoms with Gasteiger partial charge in [-0.05, 0) is 108 Å². The predicted molar refractivity (Wildman–Crippen MR) is 247 cm³/mol. The average Bonchev–Trinajstić information content (AvgIpc) is 4.05. The van der Waals surface area contributed by atoms with E-state index >= 15 is 0 Å². The molecular weight excluding hydrogens is 733 g/mol. The SMILES string of the molecule is N#Cc1ccc(-c2ccc(-n3c4ccccc4c4c5oc6c(ccc7c6c6cc(-n8c9ccccc9c9ccccc98)ccc6n7-c6ccccc6)c5ccc43)cc2)cc1. The van der Waals surface area contributed by atoms with Crippen molar-refractivity contribution in [2.24, 2.45) is 0 Å². The highest BCUT2D eigenvalue weighted by Gasteiger charge is 2.23. The van der Waals surface area contributed by atoms with Crippen LogP contribution in [0.25, 0.3) is 116 Å². The summed E-state index contributed by atoms with van der Waals surface area (Å²) in [6.07, 6.45) is 0. The Hall–Kier alpha value is -8.33. The van der Waals surface area contributed by atoms with Crippen LogP contribution < -0.4 is 0 Å². The van der Waals surface area contributed by atoms with Crippen molar-refractivity contribution in [2.75, 3.05) is 0 Å². The van der Waals surface area contributed by atoms with E-state index in [2.05, 4.69) is 190 Å². The maximum atomic E-state index is 9.29. The first-order valence-corrected chi connectivity index (χ1v) is 20.2. The number of fused-ring (bicyclic) bond motifs is 14. The molecule has 0 N–H and O–H groups in total. The van der Waals surface area contributed by atoms with Crippen molar-refractivity contribution in [1.29, 1.82) is 5.26 Å². The van der Waals surface area contributed by atoms with Crippen molar-refractivity contribution in [3.63, 3.8) is 0 Å². The van der Waals surface area contributed by atoms with Gasteiger partial charge in [0, 0.05) is 49.4 Å². The van der Waals surface area contributed by atoms with Crippen LogP contribution in [0.15, 0.2) is 199 Å². The molecule has 0 saturated carbocycles. The van der Waals surface area contributed by atoms with Crippen molar-refractivity contribution < 1.29 is 4.42 Å². The maximum Gasteiger partial charge on any atom is 0.145 e. The fourth-order valence-corrected chi connectivity index (χ4v) is 9.85. The zero-order chi connectivity index (χ0) is 39.5. The van der Waals surface area contributed by atoms with Crippen LogP contribution in [0.3, 0.4) is 0 Å². The third-order valence-electron chi connectivity index (χ3n) is 12.5. The van der Waals surface area contributed by atoms with Crippen molar-refractivity contribution in [2.45, 2.75) is 0 Å². The highest BCUT2D eigenvalue weighted by Crippen LogP contribution is 2.45. The zero-order valence-corrected chi connectivity index (χ0v) is 32.2. The minimum Gasteiger partial charge on any atom is -0.455 e. The predicted octanol–water partition coefficient (Wildman–Crippen LogP) is 14.4. The molecule has 0 aliphatic carbocycles. The molecule has 0 spiro atoms. The van der Waals surface area contributed by atoms with Crippen molar-refractivity contribution in [3.05, 3.63) is 200 Å². The van der Waals surface area contributed by atoms with Crippen LogP contribution in [0.5, 0.6) is 0 Å². The van der Waals surface area contributed by atoms with Gasteiger partial charge in [0.1, 0.15) is 11.2 Å². The standard InChI is InChI=1S/C55H32N4O/c56-33-34-18-20-35(21-19-34)36-22-24-38(25-23-36)58-48-17-9-6-14-44(48)52-50(58)30-27-42-43-28-31-51-53(55(43)60-54(42)52)45-32-39(26-29-49(45)57(51)37-10-2-1-3-11-37)59-46-15-7-4-12-40(46)41-13-5-8-16-47(41)59/h1-32H. The number of benzene rings is 9. The van der Waals surface area contributed by atoms with Crippen LogP contribution in [0, 0.1) is 11.3 Å². The molecule has 4 heterocycles. The number of hydrogen-bond acceptors (Lipinski definition) is 2. The molecule has 4 aromatic heterocycles. The van der Waals surface area contributed by atoms with Gasteiger partial charge in [0.15, 0.2) is 0 Å². The van der Waals surface area contributed by atoms with E-state index in [-0.39, 0.29) is 0 Å². The number of nitriles is 1. The van der Waals surface area contributed by atoms with E-state index in [0.29, 0.717) is 5.56 Å². The molecule has 5 heteroatoms. The number of hydrogen-bond donors (Lipinski definition) is 0. The van der Waals surface area contributed by atoms with Crippen LogP contribution in [-0.4, -0.2) is 13.7 Å². The second-order valence-electron chi connectivity index (χ2n) is 15.6. The molecule has 0 atom stereocenters. The first-order valence-electron chi connectivity index (χ1n) is 20.2. The van der Waals surface area contributed by atoms with Crippen LogP contribution in [-0.2, 0) is 0 Å². The van der Waals surface area contributed by atoms with Crippen LogP contribution >= 0.6 is 0 Å². The Morgan fingerprint density at radius 2 is 0.767 bits per heavy atom. The molecule has 0 aliphatic heterocycles. The number of furan rings is 1. The summed E-state index contributed by atoms with van der Waals surface area (Å²) in [6, 6.07) is 71.1. The molecule has 278 valence electrons. The minimum absolute atomic E-state index is 0.657. The fraction of sp³-hybridized carbons (Fsp3) is 0. The lowest BCUT2D eigenvalue weighted by molar-refractivity contribution is 0.677. The molecule has 13 rings (SSSR count). The summed E-state index contributed by atoms with van der Waals surface area (Å²) < 4.78 is 14.4. The fourth-order valence-electron chi connectivity index (χ4n) is 9.85. The Bertz CT molecular complexity index is 3880. The lowest BCUT2D eigenvalue weighted by atomic mass is 10.0. The van der Waals surface area contributed by atoms with Gasteiger partial charge in [-0.15, -0.1) is 0 Å². The molecular formula is C55H32N4O. The van der Waals surface area contributed by atoms with E-state index in [9.17, 15) is 5.26 Å². The number of para-hydroxylation sites is 4. The Kier molecular flexibility index (Phi) is 6.73. The Morgan fingerprint density at radius 1 is 0.333 bits per heavy atom. The van der Waals surface area contributed by atoms with Gasteiger partial charge in [-0.3, -0.25) is 0 Å². The average molecular weight is 765 g/mol. The van der Waals surface area contributed by atoms with Gasteiger partial charge in [-0.25, -0.2) is 0 Å². The first kappa shape index (κ1) is 32.7. The smallest absolute Gasteiger partial charge is 0.145 e. The van der Waals surface area contributed by atoms with Gasteiger partial charge in [0.05, 0.1) is 55.5 Å². The summed E-state index contributed by atoms with van der Waals surface area (Å²) in [7, 11) is 0. The third-order valence-corrected chi connectivity index (χ3v) is 12.5. The molecule has 0 fully saturated rings. The maximum absolute atomic E-state index is 9.29. The molecule has 0 aliphatic rings. The molecule has 0 amide bonds. The molecule has 5 nitrogen and oxygen atoms in total. The lowest BCUT2D eigenvalue weighted by Gasteiger charge is -2.10. The van der Waals surface area contributed by atoms with Crippen LogP contribution in [0.4, 0.5) is 0 Å². The van der Waals surface area contributed by atoms with E-state index in [0.717, 1.165) is 93.7 Å². The second-order valence-corrected chi connectivity index (χ2v) is 15.6. The summed E-state index contributed by atoms with van der Waals surface area (Å²) in [5.74, 6) is 0. The topological polar surface area (TPSA) is 51.7 Å². The molecule has 0 unspecified atom stereocenters. The second kappa shape index (κ2) is 12.3. The van der Waals surface area contributed by atoms with Gasteiger partial charge in [0.25, 0.3) is 0 Å². The van der Waals surface area contributed by atoms with E-state index in [1.165, 1.54) is 21.8 Å². The monoisotopic (exact) mass is 764 g/mol. The molecule has 9 aromatic carbocycles. The van der Waals surface area contributed by atoms with E-state index in [1.807, 2.05) is 24.3 Å². The number of aromatic nitrogens is 3. The highest BCUT2D eigenvalue weighted by molar-refractivity contribution is 6.29. The van der Waals surface area contributed by atoms with Crippen LogP contribution in [0.1, 0.15) is 5.56 Å². The van der Waals surface area contributed by atoms with Gasteiger partial charge < -0.3 is 18.1 Å². The molecule has 0 saturated heterocycles. The number of rotatable bonds is 4. The molecule has 60 heavy (non-hydrogen) atoms. The quantitative estimate of drug-likeness (QED) is 0.179. The van der Waals surface area contributed by atoms with Gasteiger partial charge in [0.2, 0.25) is 0 Å². The largest absolute Gasteiger partial charge is 0.455 e.